The average molecular weight is 447 g/mol. The van der Waals surface area contributed by atoms with E-state index in [0.717, 1.165) is 35.6 Å². The standard InChI is InChI=1S/C25H38N2O3S/c1-8-10-18(3)16-25(6,7)26(9-2)17-24(28)23-15-19(4)27(20(23)5)21-11-13-22(14-12-21)31(29)30/h11-15,18,31H,8-10,16-17H2,1-7H3. The third-order valence-electron chi connectivity index (χ3n) is 6.25. The fraction of sp³-hybridized carbons (Fsp3) is 0.560. The van der Waals surface area contributed by atoms with Gasteiger partial charge in [0.25, 0.3) is 0 Å². The number of Topliss-reactive ketones (excluding diaryl/α,β-unsaturated/α-hetero) is 1. The minimum absolute atomic E-state index is 0.0463. The molecule has 1 atom stereocenters. The summed E-state index contributed by atoms with van der Waals surface area (Å²) < 4.78 is 24.4. The molecule has 0 spiro atoms. The average Bonchev–Trinajstić information content (AvgIpc) is 2.99. The first-order chi connectivity index (χ1) is 14.5. The van der Waals surface area contributed by atoms with Crippen molar-refractivity contribution in [3.63, 3.8) is 0 Å². The Morgan fingerprint density at radius 1 is 1.13 bits per heavy atom. The predicted molar refractivity (Wildman–Crippen MR) is 128 cm³/mol. The quantitative estimate of drug-likeness (QED) is 0.382. The number of carbonyl (C=O) groups is 1. The normalized spacial score (nSPS) is 13.2. The summed E-state index contributed by atoms with van der Waals surface area (Å²) in [6.07, 6.45) is 3.45. The van der Waals surface area contributed by atoms with Gasteiger partial charge in [-0.1, -0.05) is 33.6 Å². The molecule has 0 bridgehead atoms. The Hall–Kier alpha value is -1.92. The van der Waals surface area contributed by atoms with E-state index in [2.05, 4.69) is 39.5 Å². The number of aryl methyl sites for hydroxylation is 1. The van der Waals surface area contributed by atoms with Gasteiger partial charge in [0.1, 0.15) is 0 Å². The second kappa shape index (κ2) is 10.6. The number of likely N-dealkylation sites (N-methyl/N-ethyl adjacent to an activating group) is 1. The third kappa shape index (κ3) is 6.07. The number of aromatic nitrogens is 1. The fourth-order valence-corrected chi connectivity index (χ4v) is 5.15. The van der Waals surface area contributed by atoms with Crippen molar-refractivity contribution in [3.05, 3.63) is 47.3 Å². The number of nitrogens with zero attached hydrogens (tertiary/aromatic N) is 2. The Balaban J connectivity index is 2.26. The highest BCUT2D eigenvalue weighted by Gasteiger charge is 2.30. The van der Waals surface area contributed by atoms with E-state index in [9.17, 15) is 13.2 Å². The molecule has 5 nitrogen and oxygen atoms in total. The van der Waals surface area contributed by atoms with Crippen LogP contribution in [0.2, 0.25) is 0 Å². The molecule has 6 heteroatoms. The maximum atomic E-state index is 13.3. The summed E-state index contributed by atoms with van der Waals surface area (Å²) in [5.74, 6) is 0.748. The van der Waals surface area contributed by atoms with E-state index < -0.39 is 10.7 Å². The van der Waals surface area contributed by atoms with Gasteiger partial charge in [-0.3, -0.25) is 9.69 Å². The second-order valence-electron chi connectivity index (χ2n) is 9.24. The maximum Gasteiger partial charge on any atom is 0.178 e. The molecule has 1 aromatic carbocycles. The molecule has 2 rings (SSSR count). The zero-order valence-electron chi connectivity index (χ0n) is 20.1. The van der Waals surface area contributed by atoms with Gasteiger partial charge in [-0.2, -0.15) is 0 Å². The van der Waals surface area contributed by atoms with Crippen LogP contribution in [-0.4, -0.2) is 42.3 Å². The molecule has 0 radical (unpaired) electrons. The molecule has 0 aliphatic rings. The number of carbonyl (C=O) groups excluding carboxylic acids is 1. The summed E-state index contributed by atoms with van der Waals surface area (Å²) in [4.78, 5) is 15.9. The number of hydrogen-bond donors (Lipinski definition) is 1. The van der Waals surface area contributed by atoms with Crippen LogP contribution < -0.4 is 0 Å². The molecule has 0 saturated carbocycles. The molecule has 0 aliphatic heterocycles. The van der Waals surface area contributed by atoms with Gasteiger partial charge in [0.15, 0.2) is 16.5 Å². The van der Waals surface area contributed by atoms with Crippen LogP contribution in [0.1, 0.15) is 75.6 Å². The van der Waals surface area contributed by atoms with Crippen LogP contribution in [0.4, 0.5) is 0 Å². The van der Waals surface area contributed by atoms with E-state index >= 15 is 0 Å². The molecule has 2 aromatic rings. The molecule has 1 aromatic heterocycles. The van der Waals surface area contributed by atoms with Crippen LogP contribution in [-0.2, 0) is 10.7 Å². The SMILES string of the molecule is CCCC(C)CC(C)(C)N(CC)CC(=O)c1cc(C)n(-c2ccc([SH](=O)=O)cc2)c1C. The van der Waals surface area contributed by atoms with Crippen LogP contribution in [0.25, 0.3) is 5.69 Å². The number of ketones is 1. The highest BCUT2D eigenvalue weighted by molar-refractivity contribution is 7.72. The first kappa shape index (κ1) is 25.3. The molecule has 0 amide bonds. The highest BCUT2D eigenvalue weighted by atomic mass is 32.2. The summed E-state index contributed by atoms with van der Waals surface area (Å²) in [6, 6.07) is 8.71. The first-order valence-electron chi connectivity index (χ1n) is 11.2. The van der Waals surface area contributed by atoms with E-state index in [1.807, 2.05) is 24.5 Å². The molecule has 1 unspecified atom stereocenters. The molecule has 0 N–H and O–H groups in total. The lowest BCUT2D eigenvalue weighted by Gasteiger charge is -2.39. The number of benzene rings is 1. The minimum atomic E-state index is -2.60. The lowest BCUT2D eigenvalue weighted by atomic mass is 9.87. The van der Waals surface area contributed by atoms with E-state index in [-0.39, 0.29) is 16.2 Å². The van der Waals surface area contributed by atoms with Crippen LogP contribution in [0.3, 0.4) is 0 Å². The Bertz CT molecular complexity index is 963. The fourth-order valence-electron chi connectivity index (χ4n) is 4.75. The molecule has 31 heavy (non-hydrogen) atoms. The van der Waals surface area contributed by atoms with Crippen molar-refractivity contribution in [1.29, 1.82) is 0 Å². The lowest BCUT2D eigenvalue weighted by molar-refractivity contribution is 0.0726. The van der Waals surface area contributed by atoms with Crippen molar-refractivity contribution in [2.75, 3.05) is 13.1 Å². The second-order valence-corrected chi connectivity index (χ2v) is 10.3. The third-order valence-corrected chi connectivity index (χ3v) is 6.97. The van der Waals surface area contributed by atoms with E-state index in [0.29, 0.717) is 12.5 Å². The zero-order chi connectivity index (χ0) is 23.3. The van der Waals surface area contributed by atoms with Crippen molar-refractivity contribution in [3.8, 4) is 5.69 Å². The predicted octanol–water partition coefficient (Wildman–Crippen LogP) is 5.17. The van der Waals surface area contributed by atoms with Gasteiger partial charge < -0.3 is 4.57 Å². The van der Waals surface area contributed by atoms with Gasteiger partial charge in [0.2, 0.25) is 0 Å². The van der Waals surface area contributed by atoms with Crippen LogP contribution in [0.5, 0.6) is 0 Å². The molecule has 172 valence electrons. The van der Waals surface area contributed by atoms with Gasteiger partial charge >= 0.3 is 0 Å². The van der Waals surface area contributed by atoms with Crippen molar-refractivity contribution in [2.45, 2.75) is 78.2 Å². The molecule has 0 saturated heterocycles. The number of hydrogen-bond acceptors (Lipinski definition) is 4. The van der Waals surface area contributed by atoms with Gasteiger partial charge in [-0.05, 0) is 76.9 Å². The molecule has 1 heterocycles. The van der Waals surface area contributed by atoms with E-state index in [1.54, 1.807) is 24.3 Å². The Morgan fingerprint density at radius 3 is 2.26 bits per heavy atom. The summed E-state index contributed by atoms with van der Waals surface area (Å²) >= 11 is 0. The van der Waals surface area contributed by atoms with E-state index in [4.69, 9.17) is 0 Å². The van der Waals surface area contributed by atoms with E-state index in [1.165, 1.54) is 12.8 Å². The smallest absolute Gasteiger partial charge is 0.178 e. The summed E-state index contributed by atoms with van der Waals surface area (Å²) in [5.41, 5.74) is 3.38. The zero-order valence-corrected chi connectivity index (χ0v) is 21.0. The van der Waals surface area contributed by atoms with Crippen molar-refractivity contribution >= 4 is 16.5 Å². The van der Waals surface area contributed by atoms with Crippen molar-refractivity contribution in [2.24, 2.45) is 5.92 Å². The number of rotatable bonds is 11. The number of thiol groups is 1. The Kier molecular flexibility index (Phi) is 8.66. The topological polar surface area (TPSA) is 59.4 Å². The van der Waals surface area contributed by atoms with Gasteiger partial charge in [-0.25, -0.2) is 8.42 Å². The lowest BCUT2D eigenvalue weighted by Crippen LogP contribution is -2.47. The van der Waals surface area contributed by atoms with Crippen LogP contribution in [0.15, 0.2) is 35.2 Å². The molecular weight excluding hydrogens is 408 g/mol. The molecule has 0 fully saturated rings. The monoisotopic (exact) mass is 446 g/mol. The molecular formula is C25H38N2O3S. The van der Waals surface area contributed by atoms with Crippen molar-refractivity contribution < 1.29 is 13.2 Å². The van der Waals surface area contributed by atoms with Crippen molar-refractivity contribution in [1.82, 2.24) is 9.47 Å². The van der Waals surface area contributed by atoms with Gasteiger partial charge in [0, 0.05) is 28.2 Å². The largest absolute Gasteiger partial charge is 0.318 e. The first-order valence-corrected chi connectivity index (χ1v) is 12.4. The van der Waals surface area contributed by atoms with Gasteiger partial charge in [0.05, 0.1) is 11.4 Å². The summed E-state index contributed by atoms with van der Waals surface area (Å²) in [7, 11) is -2.60. The summed E-state index contributed by atoms with van der Waals surface area (Å²) in [5, 5.41) is 0. The van der Waals surface area contributed by atoms with Crippen LogP contribution >= 0.6 is 0 Å². The molecule has 0 aliphatic carbocycles. The minimum Gasteiger partial charge on any atom is -0.318 e. The summed E-state index contributed by atoms with van der Waals surface area (Å²) in [6.45, 7) is 16.2. The van der Waals surface area contributed by atoms with Gasteiger partial charge in [-0.15, -0.1) is 0 Å². The van der Waals surface area contributed by atoms with Crippen LogP contribution in [0, 0.1) is 19.8 Å². The Labute approximate surface area is 189 Å². The maximum absolute atomic E-state index is 13.3. The highest BCUT2D eigenvalue weighted by Crippen LogP contribution is 2.27. The Morgan fingerprint density at radius 2 is 1.74 bits per heavy atom.